The minimum atomic E-state index is 0.852. The largest absolute Gasteiger partial charge is 0.496 e. The van der Waals surface area contributed by atoms with Gasteiger partial charge in [-0.15, -0.1) is 0 Å². The van der Waals surface area contributed by atoms with Gasteiger partial charge in [-0.05, 0) is 41.5 Å². The average Bonchev–Trinajstić information content (AvgIpc) is 2.60. The lowest BCUT2D eigenvalue weighted by Crippen LogP contribution is -2.00. The van der Waals surface area contributed by atoms with Gasteiger partial charge in [-0.3, -0.25) is 4.99 Å². The van der Waals surface area contributed by atoms with Crippen LogP contribution < -0.4 is 4.74 Å². The van der Waals surface area contributed by atoms with Crippen LogP contribution in [0.5, 0.6) is 5.75 Å². The molecule has 0 bridgehead atoms. The Labute approximate surface area is 141 Å². The lowest BCUT2D eigenvalue weighted by Gasteiger charge is -2.13. The van der Waals surface area contributed by atoms with E-state index in [1.165, 1.54) is 21.2 Å². The highest BCUT2D eigenvalue weighted by molar-refractivity contribution is 8.14. The Kier molecular flexibility index (Phi) is 4.68. The molecule has 0 N–H and O–H groups in total. The number of benzene rings is 3. The Balaban J connectivity index is 2.07. The molecule has 3 rings (SSSR count). The molecule has 0 radical (unpaired) electrons. The first kappa shape index (κ1) is 15.6. The summed E-state index contributed by atoms with van der Waals surface area (Å²) in [5.41, 5.74) is 2.28. The van der Waals surface area contributed by atoms with Crippen molar-refractivity contribution in [2.75, 3.05) is 14.2 Å². The van der Waals surface area contributed by atoms with E-state index in [1.54, 1.807) is 18.9 Å². The third-order valence-corrected chi connectivity index (χ3v) is 5.08. The van der Waals surface area contributed by atoms with E-state index in [4.69, 9.17) is 4.74 Å². The molecule has 0 aromatic heterocycles. The molecule has 0 spiro atoms. The van der Waals surface area contributed by atoms with Crippen LogP contribution >= 0.6 is 11.8 Å². The zero-order valence-electron chi connectivity index (χ0n) is 13.5. The number of aliphatic imine (C=N–C) groups is 1. The Hall–Kier alpha value is -2.26. The van der Waals surface area contributed by atoms with Gasteiger partial charge in [0, 0.05) is 17.5 Å². The zero-order chi connectivity index (χ0) is 16.2. The summed E-state index contributed by atoms with van der Waals surface area (Å²) in [6, 6.07) is 20.9. The van der Waals surface area contributed by atoms with E-state index >= 15 is 0 Å². The van der Waals surface area contributed by atoms with Gasteiger partial charge in [-0.25, -0.2) is 0 Å². The van der Waals surface area contributed by atoms with Gasteiger partial charge in [0.1, 0.15) is 10.8 Å². The van der Waals surface area contributed by atoms with Crippen molar-refractivity contribution in [1.82, 2.24) is 0 Å². The topological polar surface area (TPSA) is 21.6 Å². The summed E-state index contributed by atoms with van der Waals surface area (Å²) in [5, 5.41) is 3.32. The maximum atomic E-state index is 5.61. The molecule has 0 atom stereocenters. The lowest BCUT2D eigenvalue weighted by atomic mass is 10.1. The van der Waals surface area contributed by atoms with E-state index in [0.717, 1.165) is 16.4 Å². The number of thioether (sulfide) groups is 1. The van der Waals surface area contributed by atoms with Crippen molar-refractivity contribution in [3.8, 4) is 5.75 Å². The van der Waals surface area contributed by atoms with Crippen molar-refractivity contribution in [1.29, 1.82) is 0 Å². The standard InChI is InChI=1S/C20H19NOS/c1-14-8-4-7-11-19(14)23-20(21-2)17-12-15-9-5-6-10-16(15)13-18(17)22-3/h4-13H,1-3H3/b21-20+. The molecule has 0 aliphatic heterocycles. The average molecular weight is 321 g/mol. The van der Waals surface area contributed by atoms with Crippen LogP contribution in [0.4, 0.5) is 0 Å². The highest BCUT2D eigenvalue weighted by Crippen LogP contribution is 2.33. The fourth-order valence-electron chi connectivity index (χ4n) is 2.55. The lowest BCUT2D eigenvalue weighted by molar-refractivity contribution is 0.414. The zero-order valence-corrected chi connectivity index (χ0v) is 14.4. The molecule has 0 aliphatic rings. The van der Waals surface area contributed by atoms with Crippen LogP contribution in [0.2, 0.25) is 0 Å². The highest BCUT2D eigenvalue weighted by atomic mass is 32.2. The Morgan fingerprint density at radius 2 is 1.61 bits per heavy atom. The minimum absolute atomic E-state index is 0.852. The molecular formula is C20H19NOS. The van der Waals surface area contributed by atoms with Gasteiger partial charge >= 0.3 is 0 Å². The van der Waals surface area contributed by atoms with E-state index < -0.39 is 0 Å². The first-order valence-electron chi connectivity index (χ1n) is 7.50. The fourth-order valence-corrected chi connectivity index (χ4v) is 3.50. The van der Waals surface area contributed by atoms with Gasteiger partial charge in [0.2, 0.25) is 0 Å². The number of methoxy groups -OCH3 is 1. The second kappa shape index (κ2) is 6.88. The van der Waals surface area contributed by atoms with Gasteiger partial charge in [0.25, 0.3) is 0 Å². The van der Waals surface area contributed by atoms with Gasteiger partial charge in [-0.1, -0.05) is 54.2 Å². The number of fused-ring (bicyclic) bond motifs is 1. The van der Waals surface area contributed by atoms with Crippen LogP contribution in [0, 0.1) is 6.92 Å². The predicted molar refractivity (Wildman–Crippen MR) is 100.0 cm³/mol. The number of aryl methyl sites for hydroxylation is 1. The quantitative estimate of drug-likeness (QED) is 0.370. The fraction of sp³-hybridized carbons (Fsp3) is 0.150. The second-order valence-electron chi connectivity index (χ2n) is 5.30. The minimum Gasteiger partial charge on any atom is -0.496 e. The molecule has 0 fully saturated rings. The summed E-state index contributed by atoms with van der Waals surface area (Å²) < 4.78 is 5.61. The van der Waals surface area contributed by atoms with Crippen molar-refractivity contribution in [2.24, 2.45) is 4.99 Å². The molecule has 116 valence electrons. The molecule has 3 aromatic rings. The van der Waals surface area contributed by atoms with Crippen LogP contribution in [0.3, 0.4) is 0 Å². The van der Waals surface area contributed by atoms with E-state index in [2.05, 4.69) is 66.5 Å². The molecule has 0 heterocycles. The van der Waals surface area contributed by atoms with E-state index in [-0.39, 0.29) is 0 Å². The molecule has 0 unspecified atom stereocenters. The Bertz CT molecular complexity index is 870. The first-order valence-corrected chi connectivity index (χ1v) is 8.32. The summed E-state index contributed by atoms with van der Waals surface area (Å²) in [7, 11) is 3.54. The smallest absolute Gasteiger partial charge is 0.129 e. The summed E-state index contributed by atoms with van der Waals surface area (Å²) in [4.78, 5) is 5.72. The van der Waals surface area contributed by atoms with Crippen molar-refractivity contribution in [3.05, 3.63) is 71.8 Å². The number of ether oxygens (including phenoxy) is 1. The molecule has 2 nitrogen and oxygen atoms in total. The van der Waals surface area contributed by atoms with Crippen LogP contribution in [0.25, 0.3) is 10.8 Å². The molecule has 3 aromatic carbocycles. The summed E-state index contributed by atoms with van der Waals surface area (Å²) in [6.45, 7) is 2.12. The highest BCUT2D eigenvalue weighted by Gasteiger charge is 2.13. The number of hydrogen-bond acceptors (Lipinski definition) is 3. The molecule has 3 heteroatoms. The molecule has 0 saturated heterocycles. The van der Waals surface area contributed by atoms with E-state index in [0.29, 0.717) is 0 Å². The maximum Gasteiger partial charge on any atom is 0.129 e. The third-order valence-electron chi connectivity index (χ3n) is 3.80. The molecule has 23 heavy (non-hydrogen) atoms. The van der Waals surface area contributed by atoms with Crippen LogP contribution in [-0.2, 0) is 0 Å². The van der Waals surface area contributed by atoms with Gasteiger partial charge in [0.05, 0.1) is 7.11 Å². The normalized spacial score (nSPS) is 11.7. The van der Waals surface area contributed by atoms with Gasteiger partial charge in [0.15, 0.2) is 0 Å². The van der Waals surface area contributed by atoms with Gasteiger partial charge < -0.3 is 4.74 Å². The van der Waals surface area contributed by atoms with Gasteiger partial charge in [-0.2, -0.15) is 0 Å². The third kappa shape index (κ3) is 3.25. The number of rotatable bonds is 3. The summed E-state index contributed by atoms with van der Waals surface area (Å²) in [6.07, 6.45) is 0. The van der Waals surface area contributed by atoms with Crippen LogP contribution in [0.1, 0.15) is 11.1 Å². The monoisotopic (exact) mass is 321 g/mol. The molecule has 0 amide bonds. The number of hydrogen-bond donors (Lipinski definition) is 0. The second-order valence-corrected chi connectivity index (χ2v) is 6.33. The summed E-state index contributed by atoms with van der Waals surface area (Å²) >= 11 is 1.68. The SMILES string of the molecule is C/N=C(/Sc1ccccc1C)c1cc2ccccc2cc1OC. The van der Waals surface area contributed by atoms with Crippen LogP contribution in [-0.4, -0.2) is 19.2 Å². The van der Waals surface area contributed by atoms with E-state index in [9.17, 15) is 0 Å². The Morgan fingerprint density at radius 1 is 0.957 bits per heavy atom. The Morgan fingerprint density at radius 3 is 2.26 bits per heavy atom. The van der Waals surface area contributed by atoms with Crippen molar-refractivity contribution in [3.63, 3.8) is 0 Å². The summed E-state index contributed by atoms with van der Waals surface area (Å²) in [5.74, 6) is 0.852. The van der Waals surface area contributed by atoms with Crippen LogP contribution in [0.15, 0.2) is 70.6 Å². The van der Waals surface area contributed by atoms with Crippen molar-refractivity contribution in [2.45, 2.75) is 11.8 Å². The van der Waals surface area contributed by atoms with Crippen molar-refractivity contribution >= 4 is 27.6 Å². The molecule has 0 aliphatic carbocycles. The number of nitrogens with zero attached hydrogens (tertiary/aromatic N) is 1. The van der Waals surface area contributed by atoms with E-state index in [1.807, 2.05) is 13.1 Å². The molecular weight excluding hydrogens is 302 g/mol. The first-order chi connectivity index (χ1) is 11.2. The predicted octanol–water partition coefficient (Wildman–Crippen LogP) is 5.33. The van der Waals surface area contributed by atoms with Crippen molar-refractivity contribution < 1.29 is 4.74 Å². The maximum absolute atomic E-state index is 5.61. The molecule has 0 saturated carbocycles.